The van der Waals surface area contributed by atoms with Gasteiger partial charge in [-0.25, -0.2) is 13.2 Å². The lowest BCUT2D eigenvalue weighted by Gasteiger charge is -2.29. The first kappa shape index (κ1) is 25.6. The number of carbonyl (C=O) groups excluding carboxylic acids is 1. The molecular formula is C19H23F6N5O2. The van der Waals surface area contributed by atoms with E-state index in [4.69, 9.17) is 10.8 Å². The predicted molar refractivity (Wildman–Crippen MR) is 100 cm³/mol. The number of carbonyl (C=O) groups is 1. The summed E-state index contributed by atoms with van der Waals surface area (Å²) >= 11 is 0. The van der Waals surface area contributed by atoms with Gasteiger partial charge in [-0.1, -0.05) is 0 Å². The number of rotatable bonds is 4. The monoisotopic (exact) mass is 467 g/mol. The molecule has 0 unspecified atom stereocenters. The van der Waals surface area contributed by atoms with E-state index in [1.54, 1.807) is 13.8 Å². The van der Waals surface area contributed by atoms with Gasteiger partial charge in [0.25, 0.3) is 0 Å². The molecule has 1 atom stereocenters. The number of halogens is 6. The van der Waals surface area contributed by atoms with Crippen LogP contribution < -0.4 is 5.73 Å². The zero-order valence-electron chi connectivity index (χ0n) is 17.3. The summed E-state index contributed by atoms with van der Waals surface area (Å²) in [6.07, 6.45) is -5.27. The van der Waals surface area contributed by atoms with Crippen molar-refractivity contribution in [2.45, 2.75) is 58.1 Å². The summed E-state index contributed by atoms with van der Waals surface area (Å²) < 4.78 is 79.3. The lowest BCUT2D eigenvalue weighted by Crippen LogP contribution is -2.42. The number of alkyl halides is 3. The van der Waals surface area contributed by atoms with Gasteiger partial charge in [-0.3, -0.25) is 4.79 Å². The number of fused-ring (bicyclic) bond motifs is 1. The molecule has 0 saturated heterocycles. The largest absolute Gasteiger partial charge is 0.451 e. The zero-order chi connectivity index (χ0) is 24.2. The Morgan fingerprint density at radius 1 is 1.12 bits per heavy atom. The minimum absolute atomic E-state index is 0.000783. The average Bonchev–Trinajstić information content (AvgIpc) is 3.09. The highest BCUT2D eigenvalue weighted by Crippen LogP contribution is 2.29. The predicted octanol–water partition coefficient (Wildman–Crippen LogP) is 2.40. The van der Waals surface area contributed by atoms with E-state index in [-0.39, 0.29) is 50.0 Å². The molecule has 32 heavy (non-hydrogen) atoms. The first-order valence-corrected chi connectivity index (χ1v) is 9.63. The molecule has 1 aliphatic rings. The first-order valence-electron chi connectivity index (χ1n) is 9.63. The van der Waals surface area contributed by atoms with Gasteiger partial charge in [0.2, 0.25) is 11.7 Å². The van der Waals surface area contributed by atoms with Crippen LogP contribution in [0.5, 0.6) is 0 Å². The van der Waals surface area contributed by atoms with Gasteiger partial charge in [0.1, 0.15) is 5.82 Å². The second-order valence-electron chi connectivity index (χ2n) is 7.52. The maximum absolute atomic E-state index is 13.7. The highest BCUT2D eigenvalue weighted by atomic mass is 19.4. The summed E-state index contributed by atoms with van der Waals surface area (Å²) in [5.74, 6) is -5.15. The Labute approximate surface area is 179 Å². The van der Waals surface area contributed by atoms with Gasteiger partial charge >= 0.3 is 6.18 Å². The van der Waals surface area contributed by atoms with Crippen LogP contribution in [0.1, 0.15) is 37.5 Å². The Morgan fingerprint density at radius 2 is 1.72 bits per heavy atom. The van der Waals surface area contributed by atoms with E-state index < -0.39 is 41.4 Å². The Balaban J connectivity index is 0.000000837. The van der Waals surface area contributed by atoms with E-state index in [2.05, 4.69) is 10.2 Å². The van der Waals surface area contributed by atoms with Crippen molar-refractivity contribution in [3.05, 3.63) is 46.8 Å². The maximum atomic E-state index is 13.7. The topological polar surface area (TPSA) is 97.3 Å². The molecule has 0 radical (unpaired) electrons. The van der Waals surface area contributed by atoms with Crippen molar-refractivity contribution >= 4 is 5.91 Å². The molecule has 2 heterocycles. The number of benzene rings is 1. The van der Waals surface area contributed by atoms with Crippen molar-refractivity contribution in [1.29, 1.82) is 0 Å². The van der Waals surface area contributed by atoms with Crippen molar-refractivity contribution in [3.63, 3.8) is 0 Å². The molecule has 1 aromatic heterocycles. The van der Waals surface area contributed by atoms with Crippen LogP contribution >= 0.6 is 0 Å². The van der Waals surface area contributed by atoms with Crippen LogP contribution in [-0.4, -0.2) is 49.4 Å². The molecule has 3 N–H and O–H groups in total. The fraction of sp³-hybridized carbons (Fsp3) is 0.526. The smallest absolute Gasteiger partial charge is 0.394 e. The van der Waals surface area contributed by atoms with E-state index in [0.29, 0.717) is 12.1 Å². The molecule has 1 aliphatic heterocycles. The maximum Gasteiger partial charge on any atom is 0.451 e. The summed E-state index contributed by atoms with van der Waals surface area (Å²) in [7, 11) is 0. The zero-order valence-corrected chi connectivity index (χ0v) is 17.3. The van der Waals surface area contributed by atoms with Crippen LogP contribution in [0.2, 0.25) is 0 Å². The number of nitrogens with two attached hydrogens (primary N) is 1. The molecule has 178 valence electrons. The third-order valence-electron chi connectivity index (χ3n) is 4.37. The summed E-state index contributed by atoms with van der Waals surface area (Å²) in [5.41, 5.74) is 5.64. The Bertz CT molecular complexity index is 944. The number of hydrogen-bond acceptors (Lipinski definition) is 5. The standard InChI is InChI=1S/C16H15F6N5O.C3H8O/c17-10-6-12(19)11(18)4-8(10)3-9(23)5-14(28)26-1-2-27-13(7-26)24-25-15(27)16(20,21)22;1-3(2)4/h4,6,9H,1-3,5,7,23H2;3-4H,1-2H3/t9-;/m1./s1. The average molecular weight is 467 g/mol. The molecular weight excluding hydrogens is 444 g/mol. The molecule has 2 aromatic rings. The van der Waals surface area contributed by atoms with Crippen molar-refractivity contribution in [3.8, 4) is 0 Å². The minimum atomic E-state index is -4.64. The fourth-order valence-electron chi connectivity index (χ4n) is 3.01. The summed E-state index contributed by atoms with van der Waals surface area (Å²) in [6.45, 7) is 3.14. The molecule has 0 aliphatic carbocycles. The molecule has 1 aromatic carbocycles. The van der Waals surface area contributed by atoms with Gasteiger partial charge in [0, 0.05) is 37.7 Å². The van der Waals surface area contributed by atoms with Crippen LogP contribution in [0.3, 0.4) is 0 Å². The van der Waals surface area contributed by atoms with E-state index in [1.165, 1.54) is 4.90 Å². The Morgan fingerprint density at radius 3 is 2.31 bits per heavy atom. The number of aliphatic hydroxyl groups excluding tert-OH is 1. The molecule has 0 saturated carbocycles. The molecule has 1 amide bonds. The number of amides is 1. The van der Waals surface area contributed by atoms with Crippen LogP contribution in [0.4, 0.5) is 26.3 Å². The third-order valence-corrected chi connectivity index (χ3v) is 4.37. The lowest BCUT2D eigenvalue weighted by atomic mass is 10.0. The van der Waals surface area contributed by atoms with Crippen LogP contribution in [0.15, 0.2) is 12.1 Å². The van der Waals surface area contributed by atoms with Gasteiger partial charge in [0.05, 0.1) is 6.54 Å². The van der Waals surface area contributed by atoms with E-state index >= 15 is 0 Å². The van der Waals surface area contributed by atoms with Gasteiger partial charge < -0.3 is 20.3 Å². The van der Waals surface area contributed by atoms with E-state index in [1.807, 2.05) is 0 Å². The van der Waals surface area contributed by atoms with Crippen molar-refractivity contribution < 1.29 is 36.2 Å². The summed E-state index contributed by atoms with van der Waals surface area (Å²) in [4.78, 5) is 13.6. The lowest BCUT2D eigenvalue weighted by molar-refractivity contribution is -0.148. The second-order valence-corrected chi connectivity index (χ2v) is 7.52. The highest BCUT2D eigenvalue weighted by Gasteiger charge is 2.40. The van der Waals surface area contributed by atoms with Gasteiger partial charge in [-0.15, -0.1) is 10.2 Å². The van der Waals surface area contributed by atoms with E-state index in [0.717, 1.165) is 4.57 Å². The fourth-order valence-corrected chi connectivity index (χ4v) is 3.01. The quantitative estimate of drug-likeness (QED) is 0.532. The van der Waals surface area contributed by atoms with Crippen molar-refractivity contribution in [1.82, 2.24) is 19.7 Å². The van der Waals surface area contributed by atoms with Crippen molar-refractivity contribution in [2.75, 3.05) is 6.54 Å². The molecule has 7 nitrogen and oxygen atoms in total. The SMILES string of the molecule is CC(C)O.N[C@@H](CC(=O)N1CCn2c(nnc2C(F)(F)F)C1)Cc1cc(F)c(F)cc1F. The second kappa shape index (κ2) is 10.3. The minimum Gasteiger partial charge on any atom is -0.394 e. The number of hydrogen-bond donors (Lipinski definition) is 2. The highest BCUT2D eigenvalue weighted by molar-refractivity contribution is 5.76. The number of nitrogens with zero attached hydrogens (tertiary/aromatic N) is 4. The third kappa shape index (κ3) is 6.66. The van der Waals surface area contributed by atoms with Crippen molar-refractivity contribution in [2.24, 2.45) is 5.73 Å². The normalized spacial score (nSPS) is 14.7. The Hall–Kier alpha value is -2.67. The number of aromatic nitrogens is 3. The number of aliphatic hydroxyl groups is 1. The van der Waals surface area contributed by atoms with Gasteiger partial charge in [-0.05, 0) is 31.9 Å². The summed E-state index contributed by atoms with van der Waals surface area (Å²) in [6, 6.07) is 0.184. The summed E-state index contributed by atoms with van der Waals surface area (Å²) in [5, 5.41) is 14.7. The van der Waals surface area contributed by atoms with Crippen LogP contribution in [0.25, 0.3) is 0 Å². The molecule has 3 rings (SSSR count). The molecule has 13 heteroatoms. The molecule has 0 bridgehead atoms. The Kier molecular flexibility index (Phi) is 8.24. The van der Waals surface area contributed by atoms with Crippen LogP contribution in [-0.2, 0) is 30.5 Å². The molecule has 0 fully saturated rings. The molecule has 0 spiro atoms. The van der Waals surface area contributed by atoms with Gasteiger partial charge in [0.15, 0.2) is 17.5 Å². The first-order chi connectivity index (χ1) is 14.8. The van der Waals surface area contributed by atoms with Gasteiger partial charge in [-0.2, -0.15) is 13.2 Å². The van der Waals surface area contributed by atoms with Crippen LogP contribution in [0, 0.1) is 17.5 Å². The van der Waals surface area contributed by atoms with E-state index in [9.17, 15) is 31.1 Å².